The molecule has 0 fully saturated rings. The maximum absolute atomic E-state index is 11.6. The summed E-state index contributed by atoms with van der Waals surface area (Å²) in [5.41, 5.74) is -0.257. The van der Waals surface area contributed by atoms with Crippen LogP contribution >= 0.6 is 0 Å². The molecule has 0 aromatic carbocycles. The first-order valence-corrected chi connectivity index (χ1v) is 7.07. The van der Waals surface area contributed by atoms with Crippen molar-refractivity contribution in [2.45, 2.75) is 13.0 Å². The molecule has 1 rings (SSSR count). The molecule has 0 aliphatic carbocycles. The fourth-order valence-corrected chi connectivity index (χ4v) is 2.33. The highest BCUT2D eigenvalue weighted by molar-refractivity contribution is 7.91. The molecular weight excluding hydrogens is 278 g/mol. The number of nitrogens with zero attached hydrogens (tertiary/aromatic N) is 3. The summed E-state index contributed by atoms with van der Waals surface area (Å²) >= 11 is 0. The van der Waals surface area contributed by atoms with Crippen molar-refractivity contribution in [3.05, 3.63) is 11.9 Å². The van der Waals surface area contributed by atoms with Crippen molar-refractivity contribution >= 4 is 21.8 Å². The van der Waals surface area contributed by atoms with Gasteiger partial charge in [0.1, 0.15) is 0 Å². The Balaban J connectivity index is 2.50. The average molecular weight is 291 g/mol. The van der Waals surface area contributed by atoms with Crippen molar-refractivity contribution in [2.24, 2.45) is 0 Å². The van der Waals surface area contributed by atoms with Gasteiger partial charge in [-0.2, -0.15) is 0 Å². The topological polar surface area (TPSA) is 128 Å². The minimum Gasteiger partial charge on any atom is -0.476 e. The molecule has 0 amide bonds. The van der Waals surface area contributed by atoms with E-state index in [0.717, 1.165) is 10.9 Å². The summed E-state index contributed by atoms with van der Waals surface area (Å²) in [5, 5.41) is 15.4. The molecular formula is C9H13N3O6S. The van der Waals surface area contributed by atoms with Gasteiger partial charge in [0.2, 0.25) is 0 Å². The fourth-order valence-electron chi connectivity index (χ4n) is 1.18. The number of aromatic carboxylic acids is 1. The highest BCUT2D eigenvalue weighted by Crippen LogP contribution is 1.99. The lowest BCUT2D eigenvalue weighted by Gasteiger charge is -2.03. The smallest absolute Gasteiger partial charge is 0.358 e. The van der Waals surface area contributed by atoms with Gasteiger partial charge in [-0.25, -0.2) is 13.2 Å². The maximum atomic E-state index is 11.6. The number of carboxylic acid groups (broad SMARTS) is 1. The van der Waals surface area contributed by atoms with Crippen LogP contribution in [0.25, 0.3) is 0 Å². The molecule has 0 saturated heterocycles. The van der Waals surface area contributed by atoms with Crippen molar-refractivity contribution in [1.29, 1.82) is 0 Å². The van der Waals surface area contributed by atoms with Gasteiger partial charge in [-0.15, -0.1) is 5.10 Å². The highest BCUT2D eigenvalue weighted by atomic mass is 32.2. The summed E-state index contributed by atoms with van der Waals surface area (Å²) in [6, 6.07) is 0. The zero-order chi connectivity index (χ0) is 14.5. The first-order valence-electron chi connectivity index (χ1n) is 5.25. The molecule has 1 aromatic heterocycles. The average Bonchev–Trinajstić information content (AvgIpc) is 2.83. The summed E-state index contributed by atoms with van der Waals surface area (Å²) in [6.45, 7) is -0.0240. The molecule has 106 valence electrons. The normalized spacial score (nSPS) is 11.2. The molecule has 9 nitrogen and oxygen atoms in total. The number of carbonyl (C=O) groups excluding carboxylic acids is 1. The second kappa shape index (κ2) is 6.27. The Morgan fingerprint density at radius 2 is 2.11 bits per heavy atom. The molecule has 10 heteroatoms. The molecule has 0 atom stereocenters. The molecule has 19 heavy (non-hydrogen) atoms. The number of sulfone groups is 1. The second-order valence-corrected chi connectivity index (χ2v) is 5.95. The first-order chi connectivity index (χ1) is 8.84. The molecule has 1 N–H and O–H groups in total. The minimum atomic E-state index is -3.43. The zero-order valence-corrected chi connectivity index (χ0v) is 11.0. The maximum Gasteiger partial charge on any atom is 0.358 e. The molecule has 1 heterocycles. The van der Waals surface area contributed by atoms with Gasteiger partial charge in [0, 0.05) is 0 Å². The van der Waals surface area contributed by atoms with Gasteiger partial charge in [-0.3, -0.25) is 9.48 Å². The van der Waals surface area contributed by atoms with Crippen LogP contribution in [-0.4, -0.2) is 59.1 Å². The molecule has 0 unspecified atom stereocenters. The number of carboxylic acids is 1. The third kappa shape index (κ3) is 5.04. The van der Waals surface area contributed by atoms with Crippen LogP contribution in [0, 0.1) is 0 Å². The van der Waals surface area contributed by atoms with Crippen LogP contribution < -0.4 is 0 Å². The third-order valence-corrected chi connectivity index (χ3v) is 3.86. The van der Waals surface area contributed by atoms with Gasteiger partial charge < -0.3 is 9.84 Å². The number of carbonyl (C=O) groups is 2. The van der Waals surface area contributed by atoms with Crippen molar-refractivity contribution in [3.8, 4) is 0 Å². The summed E-state index contributed by atoms with van der Waals surface area (Å²) in [7, 11) is -2.25. The highest BCUT2D eigenvalue weighted by Gasteiger charge is 2.15. The third-order valence-electron chi connectivity index (χ3n) is 2.23. The van der Waals surface area contributed by atoms with Crippen molar-refractivity contribution in [1.82, 2.24) is 15.0 Å². The minimum absolute atomic E-state index is 0.0240. The quantitative estimate of drug-likeness (QED) is 0.630. The number of aryl methyl sites for hydroxylation is 1. The van der Waals surface area contributed by atoms with E-state index in [1.807, 2.05) is 0 Å². The second-order valence-electron chi connectivity index (χ2n) is 3.65. The van der Waals surface area contributed by atoms with E-state index in [0.29, 0.717) is 0 Å². The van der Waals surface area contributed by atoms with Crippen molar-refractivity contribution in [2.75, 3.05) is 18.6 Å². The monoisotopic (exact) mass is 291 g/mol. The largest absolute Gasteiger partial charge is 0.476 e. The summed E-state index contributed by atoms with van der Waals surface area (Å²) < 4.78 is 28.6. The molecule has 0 radical (unpaired) electrons. The predicted molar refractivity (Wildman–Crippen MR) is 62.3 cm³/mol. The lowest BCUT2D eigenvalue weighted by molar-refractivity contribution is -0.140. The van der Waals surface area contributed by atoms with Gasteiger partial charge >= 0.3 is 11.9 Å². The Morgan fingerprint density at radius 1 is 1.42 bits per heavy atom. The van der Waals surface area contributed by atoms with Crippen LogP contribution in [0.15, 0.2) is 6.20 Å². The van der Waals surface area contributed by atoms with Crippen LogP contribution in [0.1, 0.15) is 16.9 Å². The van der Waals surface area contributed by atoms with E-state index >= 15 is 0 Å². The van der Waals surface area contributed by atoms with E-state index in [1.54, 1.807) is 0 Å². The Morgan fingerprint density at radius 3 is 2.63 bits per heavy atom. The number of hydrogen-bond donors (Lipinski definition) is 1. The van der Waals surface area contributed by atoms with Crippen LogP contribution in [0.5, 0.6) is 0 Å². The van der Waals surface area contributed by atoms with Gasteiger partial charge in [0.05, 0.1) is 37.8 Å². The zero-order valence-electron chi connectivity index (χ0n) is 10.1. The van der Waals surface area contributed by atoms with Crippen LogP contribution in [0.4, 0.5) is 0 Å². The van der Waals surface area contributed by atoms with Gasteiger partial charge in [-0.1, -0.05) is 5.21 Å². The van der Waals surface area contributed by atoms with Crippen molar-refractivity contribution in [3.63, 3.8) is 0 Å². The van der Waals surface area contributed by atoms with E-state index < -0.39 is 21.8 Å². The molecule has 0 spiro atoms. The van der Waals surface area contributed by atoms with E-state index in [-0.39, 0.29) is 30.2 Å². The fraction of sp³-hybridized carbons (Fsp3) is 0.556. The SMILES string of the molecule is COC(=O)CCS(=O)(=O)CCn1cc(C(=O)O)nn1. The predicted octanol–water partition coefficient (Wildman–Crippen LogP) is -1.05. The van der Waals surface area contributed by atoms with Gasteiger partial charge in [-0.05, 0) is 0 Å². The Hall–Kier alpha value is -1.97. The van der Waals surface area contributed by atoms with E-state index in [1.165, 1.54) is 7.11 Å². The van der Waals surface area contributed by atoms with Gasteiger partial charge in [0.15, 0.2) is 15.5 Å². The number of methoxy groups -OCH3 is 1. The molecule has 0 aliphatic rings. The van der Waals surface area contributed by atoms with E-state index in [4.69, 9.17) is 5.11 Å². The number of aromatic nitrogens is 3. The Labute approximate surface area is 109 Å². The number of esters is 1. The van der Waals surface area contributed by atoms with Gasteiger partial charge in [0.25, 0.3) is 0 Å². The lowest BCUT2D eigenvalue weighted by atomic mass is 10.5. The molecule has 0 aliphatic heterocycles. The van der Waals surface area contributed by atoms with Crippen molar-refractivity contribution < 1.29 is 27.9 Å². The molecule has 0 saturated carbocycles. The molecule has 0 bridgehead atoms. The first kappa shape index (κ1) is 15.1. The standard InChI is InChI=1S/C9H13N3O6S/c1-18-8(13)2-4-19(16,17)5-3-12-6-7(9(14)15)10-11-12/h6H,2-5H2,1H3,(H,14,15). The summed E-state index contributed by atoms with van der Waals surface area (Å²) in [6.07, 6.45) is 0.925. The van der Waals surface area contributed by atoms with Crippen LogP contribution in [0.3, 0.4) is 0 Å². The van der Waals surface area contributed by atoms with E-state index in [2.05, 4.69) is 15.0 Å². The van der Waals surface area contributed by atoms with E-state index in [9.17, 15) is 18.0 Å². The van der Waals surface area contributed by atoms with Crippen LogP contribution in [-0.2, 0) is 25.9 Å². The summed E-state index contributed by atoms with van der Waals surface area (Å²) in [4.78, 5) is 21.4. The number of ether oxygens (including phenoxy) is 1. The Bertz CT molecular complexity index is 564. The number of rotatable bonds is 7. The summed E-state index contributed by atoms with van der Waals surface area (Å²) in [5.74, 6) is -2.41. The lowest BCUT2D eigenvalue weighted by Crippen LogP contribution is -2.19. The number of hydrogen-bond acceptors (Lipinski definition) is 7. The Kier molecular flexibility index (Phi) is 4.98. The van der Waals surface area contributed by atoms with Crippen LogP contribution in [0.2, 0.25) is 0 Å². The molecule has 1 aromatic rings.